The summed E-state index contributed by atoms with van der Waals surface area (Å²) < 4.78 is 5.77. The van der Waals surface area contributed by atoms with Crippen molar-refractivity contribution in [2.45, 2.75) is 19.6 Å². The van der Waals surface area contributed by atoms with Gasteiger partial charge in [0.25, 0.3) is 0 Å². The Morgan fingerprint density at radius 3 is 2.43 bits per heavy atom. The predicted octanol–water partition coefficient (Wildman–Crippen LogP) is 1.61. The molecular weight excluding hydrogens is 372 g/mol. The van der Waals surface area contributed by atoms with Crippen LogP contribution in [0.2, 0.25) is 0 Å². The van der Waals surface area contributed by atoms with Crippen LogP contribution < -0.4 is 4.90 Å². The van der Waals surface area contributed by atoms with Gasteiger partial charge < -0.3 is 4.90 Å². The molecule has 0 aliphatic rings. The molecule has 1 N–H and O–H groups in total. The number of aromatic nitrogens is 7. The zero-order chi connectivity index (χ0) is 19.5. The van der Waals surface area contributed by atoms with Crippen molar-refractivity contribution in [3.63, 3.8) is 0 Å². The van der Waals surface area contributed by atoms with Gasteiger partial charge in [-0.15, -0.1) is 0 Å². The molecule has 0 spiro atoms. The molecule has 0 aliphatic carbocycles. The number of hydrogen-bond donors (Lipinski definition) is 1. The second-order valence-electron chi connectivity index (χ2n) is 6.67. The van der Waals surface area contributed by atoms with Crippen LogP contribution in [-0.2, 0) is 6.67 Å². The Bertz CT molecular complexity index is 1080. The Kier molecular flexibility index (Phi) is 5.09. The molecule has 0 aliphatic heterocycles. The fourth-order valence-corrected chi connectivity index (χ4v) is 3.26. The molecule has 2 aromatic carbocycles. The van der Waals surface area contributed by atoms with Crippen LogP contribution >= 0.6 is 12.2 Å². The molecule has 8 nitrogen and oxygen atoms in total. The van der Waals surface area contributed by atoms with E-state index < -0.39 is 0 Å². The van der Waals surface area contributed by atoms with E-state index in [1.54, 1.807) is 20.4 Å². The fourth-order valence-electron chi connectivity index (χ4n) is 3.02. The number of hydrogen-bond acceptors (Lipinski definition) is 5. The van der Waals surface area contributed by atoms with Gasteiger partial charge in [-0.25, -0.2) is 9.67 Å². The van der Waals surface area contributed by atoms with E-state index in [4.69, 9.17) is 12.2 Å². The predicted molar refractivity (Wildman–Crippen MR) is 107 cm³/mol. The first kappa shape index (κ1) is 18.2. The molecule has 4 rings (SSSR count). The van der Waals surface area contributed by atoms with Gasteiger partial charge in [-0.3, -0.25) is 0 Å². The van der Waals surface area contributed by atoms with Gasteiger partial charge in [-0.1, -0.05) is 30.3 Å². The van der Waals surface area contributed by atoms with Crippen LogP contribution in [0.3, 0.4) is 0 Å². The second kappa shape index (κ2) is 7.83. The van der Waals surface area contributed by atoms with E-state index in [1.807, 2.05) is 42.5 Å². The Labute approximate surface area is 167 Å². The van der Waals surface area contributed by atoms with E-state index in [-0.39, 0.29) is 6.04 Å². The highest BCUT2D eigenvalue weighted by Crippen LogP contribution is 2.13. The Morgan fingerprint density at radius 1 is 1.00 bits per heavy atom. The summed E-state index contributed by atoms with van der Waals surface area (Å²) in [6.45, 7) is 2.81. The molecule has 2 atom stereocenters. The van der Waals surface area contributed by atoms with Crippen molar-refractivity contribution in [2.75, 3.05) is 7.05 Å². The number of benzene rings is 2. The largest absolute Gasteiger partial charge is 0.313 e. The van der Waals surface area contributed by atoms with Crippen molar-refractivity contribution in [1.29, 1.82) is 0 Å². The van der Waals surface area contributed by atoms with Crippen molar-refractivity contribution < 1.29 is 4.90 Å². The Balaban J connectivity index is 1.48. The highest BCUT2D eigenvalue weighted by molar-refractivity contribution is 7.71. The topological polar surface area (TPSA) is 70.8 Å². The molecule has 2 heterocycles. The first-order valence-electron chi connectivity index (χ1n) is 8.99. The number of para-hydroxylation sites is 1. The zero-order valence-corrected chi connectivity index (χ0v) is 16.5. The molecule has 0 saturated carbocycles. The van der Waals surface area contributed by atoms with Crippen molar-refractivity contribution in [3.05, 3.63) is 77.6 Å². The van der Waals surface area contributed by atoms with E-state index in [2.05, 4.69) is 46.6 Å². The molecule has 0 fully saturated rings. The monoisotopic (exact) mass is 393 g/mol. The molecule has 9 heteroatoms. The van der Waals surface area contributed by atoms with E-state index in [9.17, 15) is 0 Å². The quantitative estimate of drug-likeness (QED) is 0.504. The van der Waals surface area contributed by atoms with Gasteiger partial charge in [0, 0.05) is 5.56 Å². The zero-order valence-electron chi connectivity index (χ0n) is 15.7. The van der Waals surface area contributed by atoms with Crippen LogP contribution in [0, 0.1) is 4.77 Å². The number of tetrazole rings is 1. The smallest absolute Gasteiger partial charge is 0.225 e. The third-order valence-electron chi connectivity index (χ3n) is 4.85. The lowest BCUT2D eigenvalue weighted by molar-refractivity contribution is -0.933. The summed E-state index contributed by atoms with van der Waals surface area (Å²) in [5.74, 6) is 0. The lowest BCUT2D eigenvalue weighted by Gasteiger charge is -2.21. The third kappa shape index (κ3) is 3.62. The minimum Gasteiger partial charge on any atom is -0.313 e. The molecule has 0 amide bonds. The first-order valence-corrected chi connectivity index (χ1v) is 9.40. The minimum absolute atomic E-state index is 0.258. The average molecular weight is 394 g/mol. The molecule has 1 unspecified atom stereocenters. The molecule has 0 bridgehead atoms. The summed E-state index contributed by atoms with van der Waals surface area (Å²) in [5.41, 5.74) is 3.12. The van der Waals surface area contributed by atoms with Crippen LogP contribution in [0.1, 0.15) is 18.5 Å². The van der Waals surface area contributed by atoms with Gasteiger partial charge in [0.1, 0.15) is 18.7 Å². The standard InChI is InChI=1S/C19H20N8S/c1-15(16-8-10-17(11-9-16)25-13-20-12-21-25)24(2)14-26-19(28)27(23-22-26)18-6-4-3-5-7-18/h3-13,15H,14H2,1-2H3/p+1/t15-/m0/s1. The number of rotatable bonds is 6. The van der Waals surface area contributed by atoms with Gasteiger partial charge in [-0.2, -0.15) is 14.5 Å². The minimum atomic E-state index is 0.258. The van der Waals surface area contributed by atoms with Crippen LogP contribution in [0.5, 0.6) is 0 Å². The highest BCUT2D eigenvalue weighted by Gasteiger charge is 2.18. The number of quaternary nitrogens is 1. The molecule has 0 radical (unpaired) electrons. The summed E-state index contributed by atoms with van der Waals surface area (Å²) in [6, 6.07) is 18.4. The van der Waals surface area contributed by atoms with Crippen LogP contribution in [0.4, 0.5) is 0 Å². The second-order valence-corrected chi connectivity index (χ2v) is 7.03. The highest BCUT2D eigenvalue weighted by atomic mass is 32.1. The Morgan fingerprint density at radius 2 is 1.75 bits per heavy atom. The summed E-state index contributed by atoms with van der Waals surface area (Å²) in [6.07, 6.45) is 3.22. The molecular formula is C19H21N8S+. The van der Waals surface area contributed by atoms with Gasteiger partial charge in [-0.05, 0) is 53.8 Å². The summed E-state index contributed by atoms with van der Waals surface area (Å²) in [7, 11) is 2.12. The van der Waals surface area contributed by atoms with Crippen molar-refractivity contribution in [1.82, 2.24) is 34.6 Å². The summed E-state index contributed by atoms with van der Waals surface area (Å²) in [4.78, 5) is 5.24. The Hall–Kier alpha value is -3.17. The number of nitrogens with zero attached hydrogens (tertiary/aromatic N) is 7. The van der Waals surface area contributed by atoms with E-state index in [0.29, 0.717) is 11.4 Å². The van der Waals surface area contributed by atoms with Crippen molar-refractivity contribution in [2.24, 2.45) is 0 Å². The van der Waals surface area contributed by atoms with E-state index in [0.717, 1.165) is 11.4 Å². The first-order chi connectivity index (χ1) is 13.6. The lowest BCUT2D eigenvalue weighted by Crippen LogP contribution is -3.08. The van der Waals surface area contributed by atoms with Crippen LogP contribution in [0.25, 0.3) is 11.4 Å². The van der Waals surface area contributed by atoms with Crippen molar-refractivity contribution >= 4 is 12.2 Å². The normalized spacial score (nSPS) is 13.4. The van der Waals surface area contributed by atoms with Gasteiger partial charge in [0.05, 0.1) is 18.4 Å². The summed E-state index contributed by atoms with van der Waals surface area (Å²) >= 11 is 5.56. The van der Waals surface area contributed by atoms with E-state index >= 15 is 0 Å². The lowest BCUT2D eigenvalue weighted by atomic mass is 10.1. The maximum atomic E-state index is 5.56. The van der Waals surface area contributed by atoms with Crippen LogP contribution in [0.15, 0.2) is 67.3 Å². The van der Waals surface area contributed by atoms with Gasteiger partial charge >= 0.3 is 0 Å². The fraction of sp³-hybridized carbons (Fsp3) is 0.211. The van der Waals surface area contributed by atoms with Crippen molar-refractivity contribution in [3.8, 4) is 11.4 Å². The summed E-state index contributed by atoms with van der Waals surface area (Å²) in [5, 5.41) is 12.6. The molecule has 28 heavy (non-hydrogen) atoms. The SMILES string of the molecule is C[C@@H](c1ccc(-n2cncn2)cc1)[NH+](C)Cn1nnn(-c2ccccc2)c1=S. The molecule has 0 saturated heterocycles. The molecule has 4 aromatic rings. The van der Waals surface area contributed by atoms with Crippen LogP contribution in [-0.4, -0.2) is 41.6 Å². The van der Waals surface area contributed by atoms with Gasteiger partial charge in [0.15, 0.2) is 6.67 Å². The average Bonchev–Trinajstić information content (AvgIpc) is 3.39. The maximum Gasteiger partial charge on any atom is 0.225 e. The van der Waals surface area contributed by atoms with E-state index in [1.165, 1.54) is 16.8 Å². The third-order valence-corrected chi connectivity index (χ3v) is 5.24. The number of nitrogens with one attached hydrogen (secondary N) is 1. The molecule has 142 valence electrons. The van der Waals surface area contributed by atoms with Gasteiger partial charge in [0.2, 0.25) is 4.77 Å². The molecule has 2 aromatic heterocycles. The maximum absolute atomic E-state index is 5.56.